The Labute approximate surface area is 330 Å². The van der Waals surface area contributed by atoms with E-state index in [4.69, 9.17) is 0 Å². The van der Waals surface area contributed by atoms with Gasteiger partial charge in [0.1, 0.15) is 0 Å². The molecule has 1 unspecified atom stereocenters. The molecule has 11 aromatic rings. The molecule has 0 bridgehead atoms. The highest BCUT2D eigenvalue weighted by atomic mass is 32.1. The topological polar surface area (TPSA) is 0 Å². The van der Waals surface area contributed by atoms with Crippen LogP contribution in [0.2, 0.25) is 0 Å². The van der Waals surface area contributed by atoms with Gasteiger partial charge in [0.2, 0.25) is 0 Å². The Balaban J connectivity index is 1.01. The lowest BCUT2D eigenvalue weighted by atomic mass is 9.82. The molecule has 262 valence electrons. The van der Waals surface area contributed by atoms with Crippen molar-refractivity contribution < 1.29 is 0 Å². The molecule has 0 spiro atoms. The average molecular weight is 729 g/mol. The van der Waals surface area contributed by atoms with Crippen LogP contribution < -0.4 is 0 Å². The average Bonchev–Trinajstić information content (AvgIpc) is 3.66. The molecular weight excluding hydrogens is 693 g/mol. The third-order valence-corrected chi connectivity index (χ3v) is 12.8. The van der Waals surface area contributed by atoms with Crippen molar-refractivity contribution in [3.05, 3.63) is 229 Å². The molecule has 56 heavy (non-hydrogen) atoms. The molecule has 0 amide bonds. The largest absolute Gasteiger partial charge is 0.135 e. The van der Waals surface area contributed by atoms with Gasteiger partial charge < -0.3 is 0 Å². The molecule has 0 fully saturated rings. The first-order valence-electron chi connectivity index (χ1n) is 19.4. The summed E-state index contributed by atoms with van der Waals surface area (Å²) in [5.74, 6) is 0.0607. The third kappa shape index (κ3) is 5.59. The van der Waals surface area contributed by atoms with E-state index in [9.17, 15) is 0 Å². The van der Waals surface area contributed by atoms with Crippen molar-refractivity contribution in [2.24, 2.45) is 0 Å². The zero-order valence-corrected chi connectivity index (χ0v) is 31.5. The minimum atomic E-state index is 0.0607. The third-order valence-electron chi connectivity index (χ3n) is 11.6. The van der Waals surface area contributed by atoms with Crippen molar-refractivity contribution in [3.8, 4) is 33.4 Å². The predicted molar refractivity (Wildman–Crippen MR) is 242 cm³/mol. The summed E-state index contributed by atoms with van der Waals surface area (Å²) in [6.45, 7) is 0. The van der Waals surface area contributed by atoms with Crippen molar-refractivity contribution in [2.45, 2.75) is 5.92 Å². The number of benzene rings is 10. The minimum absolute atomic E-state index is 0.0607. The van der Waals surface area contributed by atoms with Crippen LogP contribution >= 0.6 is 11.3 Å². The van der Waals surface area contributed by atoms with Crippen LogP contribution in [0.25, 0.3) is 85.9 Å². The van der Waals surface area contributed by atoms with Crippen LogP contribution in [0.4, 0.5) is 0 Å². The van der Waals surface area contributed by atoms with Crippen LogP contribution in [-0.2, 0) is 0 Å². The van der Waals surface area contributed by atoms with Crippen LogP contribution in [-0.4, -0.2) is 0 Å². The lowest BCUT2D eigenvalue weighted by Gasteiger charge is -2.21. The summed E-state index contributed by atoms with van der Waals surface area (Å²) < 4.78 is 2.70. The maximum absolute atomic E-state index is 2.42. The number of fused-ring (bicyclic) bond motifs is 8. The summed E-state index contributed by atoms with van der Waals surface area (Å²) in [5.41, 5.74) is 11.2. The van der Waals surface area contributed by atoms with E-state index in [-0.39, 0.29) is 5.92 Å². The van der Waals surface area contributed by atoms with E-state index in [2.05, 4.69) is 212 Å². The second-order valence-electron chi connectivity index (χ2n) is 14.8. The second-order valence-corrected chi connectivity index (χ2v) is 15.9. The zero-order valence-electron chi connectivity index (χ0n) is 30.7. The quantitative estimate of drug-likeness (QED) is 0.118. The highest BCUT2D eigenvalue weighted by Gasteiger charge is 2.20. The van der Waals surface area contributed by atoms with E-state index in [0.29, 0.717) is 0 Å². The highest BCUT2D eigenvalue weighted by molar-refractivity contribution is 7.26. The van der Waals surface area contributed by atoms with Gasteiger partial charge in [0, 0.05) is 26.1 Å². The van der Waals surface area contributed by atoms with Crippen molar-refractivity contribution in [3.63, 3.8) is 0 Å². The van der Waals surface area contributed by atoms with E-state index in [1.807, 2.05) is 11.3 Å². The lowest BCUT2D eigenvalue weighted by molar-refractivity contribution is 0.981. The SMILES string of the molecule is c1ccc(-c2ccc(C(c3cccc(-c4ccc(-c5cc6ccccc6c6ccccc56)cc4)c3)c3ccc4c(ccc5c6ccccc6sc45)c3)cc2)cc1. The molecule has 10 aromatic carbocycles. The summed E-state index contributed by atoms with van der Waals surface area (Å²) in [4.78, 5) is 0. The molecule has 0 aliphatic heterocycles. The molecule has 0 nitrogen and oxygen atoms in total. The maximum Gasteiger partial charge on any atom is 0.0433 e. The Morgan fingerprint density at radius 2 is 0.857 bits per heavy atom. The second kappa shape index (κ2) is 13.5. The molecule has 1 heterocycles. The molecule has 1 aromatic heterocycles. The highest BCUT2D eigenvalue weighted by Crippen LogP contribution is 2.42. The van der Waals surface area contributed by atoms with Crippen molar-refractivity contribution >= 4 is 63.8 Å². The van der Waals surface area contributed by atoms with Gasteiger partial charge >= 0.3 is 0 Å². The molecule has 1 heteroatoms. The molecule has 0 saturated carbocycles. The first-order valence-corrected chi connectivity index (χ1v) is 20.2. The van der Waals surface area contributed by atoms with Gasteiger partial charge in [0.25, 0.3) is 0 Å². The van der Waals surface area contributed by atoms with Gasteiger partial charge in [0.15, 0.2) is 0 Å². The maximum atomic E-state index is 2.42. The monoisotopic (exact) mass is 728 g/mol. The van der Waals surface area contributed by atoms with Gasteiger partial charge in [-0.1, -0.05) is 200 Å². The smallest absolute Gasteiger partial charge is 0.0433 e. The molecule has 1 atom stereocenters. The zero-order chi connectivity index (χ0) is 37.0. The van der Waals surface area contributed by atoms with E-state index >= 15 is 0 Å². The summed E-state index contributed by atoms with van der Waals surface area (Å²) in [7, 11) is 0. The Hall–Kier alpha value is -6.80. The molecule has 11 rings (SSSR count). The molecule has 0 aliphatic rings. The standard InChI is InChI=1S/C55H36S/c1-2-11-36(12-3-1)37-23-27-40(28-24-37)54(45-30-31-47-43(34-45)29-32-51-50-19-8-9-20-53(50)56-55(47)51)44-15-10-14-41(33-44)38-21-25-39(26-22-38)52-35-42-13-4-5-16-46(42)48-17-6-7-18-49(48)52/h1-35,54H. The van der Waals surface area contributed by atoms with E-state index in [1.54, 1.807) is 0 Å². The Morgan fingerprint density at radius 3 is 1.70 bits per heavy atom. The molecule has 0 saturated heterocycles. The summed E-state index contributed by atoms with van der Waals surface area (Å²) >= 11 is 1.90. The minimum Gasteiger partial charge on any atom is -0.135 e. The Kier molecular flexibility index (Phi) is 7.86. The van der Waals surface area contributed by atoms with Crippen LogP contribution in [0, 0.1) is 0 Å². The van der Waals surface area contributed by atoms with Gasteiger partial charge in [-0.25, -0.2) is 0 Å². The fraction of sp³-hybridized carbons (Fsp3) is 0.0182. The molecular formula is C55H36S. The number of rotatable bonds is 6. The lowest BCUT2D eigenvalue weighted by Crippen LogP contribution is -2.04. The van der Waals surface area contributed by atoms with Gasteiger partial charge in [-0.3, -0.25) is 0 Å². The van der Waals surface area contributed by atoms with Crippen LogP contribution in [0.15, 0.2) is 212 Å². The van der Waals surface area contributed by atoms with Crippen molar-refractivity contribution in [1.82, 2.24) is 0 Å². The van der Waals surface area contributed by atoms with Crippen molar-refractivity contribution in [1.29, 1.82) is 0 Å². The fourth-order valence-corrected chi connectivity index (χ4v) is 10.1. The van der Waals surface area contributed by atoms with Crippen molar-refractivity contribution in [2.75, 3.05) is 0 Å². The van der Waals surface area contributed by atoms with E-state index in [0.717, 1.165) is 0 Å². The normalized spacial score (nSPS) is 12.2. The molecule has 0 aliphatic carbocycles. The van der Waals surface area contributed by atoms with Gasteiger partial charge in [0.05, 0.1) is 0 Å². The fourth-order valence-electron chi connectivity index (χ4n) is 8.82. The molecule has 0 N–H and O–H groups in total. The first-order chi connectivity index (χ1) is 27.7. The van der Waals surface area contributed by atoms with Gasteiger partial charge in [-0.2, -0.15) is 0 Å². The first kappa shape index (κ1) is 32.6. The van der Waals surface area contributed by atoms with E-state index in [1.165, 1.54) is 103 Å². The summed E-state index contributed by atoms with van der Waals surface area (Å²) in [6.07, 6.45) is 0. The number of thiophene rings is 1. The van der Waals surface area contributed by atoms with Crippen LogP contribution in [0.1, 0.15) is 22.6 Å². The predicted octanol–water partition coefficient (Wildman–Crippen LogP) is 15.7. The van der Waals surface area contributed by atoms with Crippen LogP contribution in [0.5, 0.6) is 0 Å². The summed E-state index contributed by atoms with van der Waals surface area (Å²) in [6, 6.07) is 78.5. The number of hydrogen-bond acceptors (Lipinski definition) is 1. The Bertz CT molecular complexity index is 3220. The summed E-state index contributed by atoms with van der Waals surface area (Å²) in [5, 5.41) is 10.4. The number of hydrogen-bond donors (Lipinski definition) is 0. The van der Waals surface area contributed by atoms with Crippen LogP contribution in [0.3, 0.4) is 0 Å². The van der Waals surface area contributed by atoms with Gasteiger partial charge in [-0.05, 0) is 94.5 Å². The molecule has 0 radical (unpaired) electrons. The Morgan fingerprint density at radius 1 is 0.286 bits per heavy atom. The van der Waals surface area contributed by atoms with E-state index < -0.39 is 0 Å². The van der Waals surface area contributed by atoms with Gasteiger partial charge in [-0.15, -0.1) is 11.3 Å².